The predicted octanol–water partition coefficient (Wildman–Crippen LogP) is 4.18. The molecular weight excluding hydrogens is 232 g/mol. The van der Waals surface area contributed by atoms with E-state index in [-0.39, 0.29) is 0 Å². The van der Waals surface area contributed by atoms with E-state index < -0.39 is 0 Å². The number of hydrogen-bond donors (Lipinski definition) is 0. The van der Waals surface area contributed by atoms with E-state index in [0.29, 0.717) is 0 Å². The van der Waals surface area contributed by atoms with Crippen molar-refractivity contribution in [2.24, 2.45) is 0 Å². The Labute approximate surface area is 121 Å². The molecule has 0 spiro atoms. The molecule has 0 heterocycles. The van der Waals surface area contributed by atoms with Crippen LogP contribution in [0.4, 0.5) is 0 Å². The van der Waals surface area contributed by atoms with Gasteiger partial charge in [-0.2, -0.15) is 0 Å². The molecular formula is C17H36N2. The molecule has 0 radical (unpaired) electrons. The van der Waals surface area contributed by atoms with Crippen LogP contribution in [0.5, 0.6) is 0 Å². The quantitative estimate of drug-likeness (QED) is 0.490. The fourth-order valence-electron chi connectivity index (χ4n) is 2.29. The molecule has 0 aromatic heterocycles. The minimum Gasteiger partial charge on any atom is -0.300 e. The van der Waals surface area contributed by atoms with Crippen LogP contribution in [0.25, 0.3) is 0 Å². The van der Waals surface area contributed by atoms with Crippen LogP contribution in [-0.2, 0) is 0 Å². The maximum atomic E-state index is 2.64. The largest absolute Gasteiger partial charge is 0.300 e. The molecule has 2 nitrogen and oxygen atoms in total. The van der Waals surface area contributed by atoms with Crippen molar-refractivity contribution in [3.05, 3.63) is 11.6 Å². The van der Waals surface area contributed by atoms with E-state index in [1.807, 2.05) is 0 Å². The molecule has 19 heavy (non-hydrogen) atoms. The van der Waals surface area contributed by atoms with Gasteiger partial charge in [-0.1, -0.05) is 46.6 Å². The summed E-state index contributed by atoms with van der Waals surface area (Å²) in [5.74, 6) is 0. The van der Waals surface area contributed by atoms with Crippen LogP contribution in [0.15, 0.2) is 11.6 Å². The molecule has 0 amide bonds. The van der Waals surface area contributed by atoms with Crippen LogP contribution in [0.3, 0.4) is 0 Å². The second-order valence-corrected chi connectivity index (χ2v) is 5.39. The third-order valence-corrected chi connectivity index (χ3v) is 3.81. The number of hydrogen-bond acceptors (Lipinski definition) is 2. The van der Waals surface area contributed by atoms with Gasteiger partial charge in [0.15, 0.2) is 0 Å². The zero-order chi connectivity index (χ0) is 14.5. The molecule has 0 saturated heterocycles. The minimum absolute atomic E-state index is 1.14. The first-order chi connectivity index (χ1) is 9.21. The SMILES string of the molecule is C/C=C(/CN(CC)CC)CN(CCCC)CCCC. The van der Waals surface area contributed by atoms with Crippen molar-refractivity contribution in [2.75, 3.05) is 39.3 Å². The number of likely N-dealkylation sites (N-methyl/N-ethyl adjacent to an activating group) is 1. The summed E-state index contributed by atoms with van der Waals surface area (Å²) in [6.07, 6.45) is 7.56. The summed E-state index contributed by atoms with van der Waals surface area (Å²) in [6.45, 7) is 18.4. The van der Waals surface area contributed by atoms with Gasteiger partial charge < -0.3 is 0 Å². The van der Waals surface area contributed by atoms with Crippen molar-refractivity contribution in [1.29, 1.82) is 0 Å². The van der Waals surface area contributed by atoms with E-state index in [2.05, 4.69) is 50.5 Å². The monoisotopic (exact) mass is 268 g/mol. The van der Waals surface area contributed by atoms with Crippen LogP contribution in [0.1, 0.15) is 60.3 Å². The average Bonchev–Trinajstić information content (AvgIpc) is 2.45. The highest BCUT2D eigenvalue weighted by atomic mass is 15.1. The first kappa shape index (κ1) is 18.7. The van der Waals surface area contributed by atoms with E-state index in [9.17, 15) is 0 Å². The number of unbranched alkanes of at least 4 members (excludes halogenated alkanes) is 2. The Morgan fingerprint density at radius 2 is 1.26 bits per heavy atom. The Morgan fingerprint density at radius 1 is 0.789 bits per heavy atom. The van der Waals surface area contributed by atoms with E-state index in [1.165, 1.54) is 38.8 Å². The highest BCUT2D eigenvalue weighted by Gasteiger charge is 2.09. The first-order valence-electron chi connectivity index (χ1n) is 8.30. The highest BCUT2D eigenvalue weighted by Crippen LogP contribution is 2.06. The summed E-state index contributed by atoms with van der Waals surface area (Å²) in [5.41, 5.74) is 1.58. The molecule has 0 rings (SSSR count). The maximum absolute atomic E-state index is 2.64. The molecule has 0 bridgehead atoms. The fraction of sp³-hybridized carbons (Fsp3) is 0.882. The average molecular weight is 268 g/mol. The lowest BCUT2D eigenvalue weighted by Gasteiger charge is -2.26. The molecule has 0 atom stereocenters. The maximum Gasteiger partial charge on any atom is 0.0205 e. The molecule has 0 unspecified atom stereocenters. The lowest BCUT2D eigenvalue weighted by Crippen LogP contribution is -2.33. The molecule has 2 heteroatoms. The summed E-state index contributed by atoms with van der Waals surface area (Å²) in [4.78, 5) is 5.15. The van der Waals surface area contributed by atoms with Crippen molar-refractivity contribution >= 4 is 0 Å². The Balaban J connectivity index is 4.32. The van der Waals surface area contributed by atoms with Gasteiger partial charge in [-0.25, -0.2) is 0 Å². The van der Waals surface area contributed by atoms with Gasteiger partial charge in [-0.15, -0.1) is 0 Å². The van der Waals surface area contributed by atoms with Gasteiger partial charge in [0, 0.05) is 13.1 Å². The lowest BCUT2D eigenvalue weighted by molar-refractivity contribution is 0.267. The van der Waals surface area contributed by atoms with Crippen LogP contribution in [-0.4, -0.2) is 49.1 Å². The van der Waals surface area contributed by atoms with Crippen LogP contribution in [0.2, 0.25) is 0 Å². The molecule has 0 saturated carbocycles. The Bertz CT molecular complexity index is 211. The number of rotatable bonds is 12. The van der Waals surface area contributed by atoms with Crippen LogP contribution >= 0.6 is 0 Å². The van der Waals surface area contributed by atoms with Gasteiger partial charge >= 0.3 is 0 Å². The smallest absolute Gasteiger partial charge is 0.0205 e. The van der Waals surface area contributed by atoms with Gasteiger partial charge in [-0.3, -0.25) is 9.80 Å². The minimum atomic E-state index is 1.14. The van der Waals surface area contributed by atoms with Crippen molar-refractivity contribution in [3.63, 3.8) is 0 Å². The summed E-state index contributed by atoms with van der Waals surface area (Å²) >= 11 is 0. The van der Waals surface area contributed by atoms with Crippen LogP contribution in [0, 0.1) is 0 Å². The Kier molecular flexibility index (Phi) is 12.5. The fourth-order valence-corrected chi connectivity index (χ4v) is 2.29. The normalized spacial score (nSPS) is 12.7. The Morgan fingerprint density at radius 3 is 1.63 bits per heavy atom. The van der Waals surface area contributed by atoms with Gasteiger partial charge in [0.1, 0.15) is 0 Å². The summed E-state index contributed by atoms with van der Waals surface area (Å²) in [7, 11) is 0. The van der Waals surface area contributed by atoms with Gasteiger partial charge in [0.05, 0.1) is 0 Å². The van der Waals surface area contributed by atoms with Crippen molar-refractivity contribution in [2.45, 2.75) is 60.3 Å². The first-order valence-corrected chi connectivity index (χ1v) is 8.30. The van der Waals surface area contributed by atoms with E-state index in [1.54, 1.807) is 5.57 Å². The van der Waals surface area contributed by atoms with Crippen LogP contribution < -0.4 is 0 Å². The molecule has 0 aliphatic carbocycles. The van der Waals surface area contributed by atoms with E-state index in [0.717, 1.165) is 26.2 Å². The van der Waals surface area contributed by atoms with Crippen molar-refractivity contribution < 1.29 is 0 Å². The summed E-state index contributed by atoms with van der Waals surface area (Å²) < 4.78 is 0. The second kappa shape index (κ2) is 12.7. The standard InChI is InChI=1S/C17H36N2/c1-6-11-13-19(14-12-7-2)16-17(8-3)15-18(9-4)10-5/h8H,6-7,9-16H2,1-5H3/b17-8-. The van der Waals surface area contributed by atoms with E-state index in [4.69, 9.17) is 0 Å². The highest BCUT2D eigenvalue weighted by molar-refractivity contribution is 5.05. The van der Waals surface area contributed by atoms with Gasteiger partial charge in [-0.05, 0) is 51.5 Å². The third kappa shape index (κ3) is 9.23. The Hall–Kier alpha value is -0.340. The molecule has 114 valence electrons. The zero-order valence-electron chi connectivity index (χ0n) is 14.0. The molecule has 0 aromatic carbocycles. The molecule has 0 aliphatic heterocycles. The summed E-state index contributed by atoms with van der Waals surface area (Å²) in [5, 5.41) is 0. The molecule has 0 fully saturated rings. The third-order valence-electron chi connectivity index (χ3n) is 3.81. The van der Waals surface area contributed by atoms with E-state index >= 15 is 0 Å². The van der Waals surface area contributed by atoms with Crippen molar-refractivity contribution in [3.8, 4) is 0 Å². The molecule has 0 N–H and O–H groups in total. The van der Waals surface area contributed by atoms with Crippen molar-refractivity contribution in [1.82, 2.24) is 9.80 Å². The lowest BCUT2D eigenvalue weighted by atomic mass is 10.2. The number of nitrogens with zero attached hydrogens (tertiary/aromatic N) is 2. The van der Waals surface area contributed by atoms with Gasteiger partial charge in [0.25, 0.3) is 0 Å². The molecule has 0 aromatic rings. The predicted molar refractivity (Wildman–Crippen MR) is 87.8 cm³/mol. The summed E-state index contributed by atoms with van der Waals surface area (Å²) in [6, 6.07) is 0. The second-order valence-electron chi connectivity index (χ2n) is 5.39. The number of allylic oxidation sites excluding steroid dienone is 1. The topological polar surface area (TPSA) is 6.48 Å². The molecule has 0 aliphatic rings. The van der Waals surface area contributed by atoms with Gasteiger partial charge in [0.2, 0.25) is 0 Å². The zero-order valence-corrected chi connectivity index (χ0v) is 14.0.